The molecule has 0 amide bonds. The Morgan fingerprint density at radius 1 is 1.05 bits per heavy atom. The third-order valence-electron chi connectivity index (χ3n) is 4.81. The zero-order valence-electron chi connectivity index (χ0n) is 12.2. The summed E-state index contributed by atoms with van der Waals surface area (Å²) in [6.45, 7) is 6.17. The van der Waals surface area contributed by atoms with Gasteiger partial charge in [0.2, 0.25) is 0 Å². The van der Waals surface area contributed by atoms with Gasteiger partial charge >= 0.3 is 0 Å². The molecule has 0 bridgehead atoms. The fourth-order valence-electron chi connectivity index (χ4n) is 3.53. The van der Waals surface area contributed by atoms with Gasteiger partial charge in [0.1, 0.15) is 0 Å². The SMILES string of the molecule is CCCC1CCC(CNCC2CNCC2O)CC1.Cl. The van der Waals surface area contributed by atoms with Gasteiger partial charge in [0.25, 0.3) is 0 Å². The van der Waals surface area contributed by atoms with E-state index in [0.29, 0.717) is 5.92 Å². The summed E-state index contributed by atoms with van der Waals surface area (Å²) in [5.41, 5.74) is 0. The molecule has 3 N–H and O–H groups in total. The van der Waals surface area contributed by atoms with Crippen LogP contribution in [-0.4, -0.2) is 37.4 Å². The first-order valence-corrected chi connectivity index (χ1v) is 7.89. The van der Waals surface area contributed by atoms with Gasteiger partial charge in [-0.3, -0.25) is 0 Å². The molecule has 4 heteroatoms. The topological polar surface area (TPSA) is 44.3 Å². The molecule has 0 aromatic carbocycles. The standard InChI is InChI=1S/C15H30N2O.ClH/c1-2-3-12-4-6-13(7-5-12)8-16-9-14-10-17-11-15(14)18;/h12-18H,2-11H2,1H3;1H. The molecule has 2 rings (SSSR count). The minimum Gasteiger partial charge on any atom is -0.391 e. The number of halogens is 1. The number of hydrogen-bond donors (Lipinski definition) is 3. The average Bonchev–Trinajstić information content (AvgIpc) is 2.78. The van der Waals surface area contributed by atoms with Crippen molar-refractivity contribution in [3.05, 3.63) is 0 Å². The zero-order valence-corrected chi connectivity index (χ0v) is 13.1. The van der Waals surface area contributed by atoms with Gasteiger partial charge in [0.05, 0.1) is 6.10 Å². The summed E-state index contributed by atoms with van der Waals surface area (Å²) in [6, 6.07) is 0. The molecule has 2 fully saturated rings. The van der Waals surface area contributed by atoms with E-state index in [2.05, 4.69) is 17.6 Å². The van der Waals surface area contributed by atoms with Crippen molar-refractivity contribution in [3.63, 3.8) is 0 Å². The molecular formula is C15H31ClN2O. The first-order chi connectivity index (χ1) is 8.79. The highest BCUT2D eigenvalue weighted by Gasteiger charge is 2.25. The maximum absolute atomic E-state index is 9.72. The predicted octanol–water partition coefficient (Wildman–Crippen LogP) is 2.18. The zero-order chi connectivity index (χ0) is 12.8. The van der Waals surface area contributed by atoms with Crippen LogP contribution < -0.4 is 10.6 Å². The maximum Gasteiger partial charge on any atom is 0.0716 e. The van der Waals surface area contributed by atoms with Crippen LogP contribution in [0.5, 0.6) is 0 Å². The number of nitrogens with one attached hydrogen (secondary N) is 2. The average molecular weight is 291 g/mol. The van der Waals surface area contributed by atoms with E-state index in [1.807, 2.05) is 0 Å². The highest BCUT2D eigenvalue weighted by atomic mass is 35.5. The van der Waals surface area contributed by atoms with Crippen molar-refractivity contribution >= 4 is 12.4 Å². The van der Waals surface area contributed by atoms with E-state index in [1.54, 1.807) is 0 Å². The molecular weight excluding hydrogens is 260 g/mol. The molecule has 1 heterocycles. The second-order valence-electron chi connectivity index (χ2n) is 6.32. The van der Waals surface area contributed by atoms with E-state index < -0.39 is 0 Å². The van der Waals surface area contributed by atoms with Gasteiger partial charge < -0.3 is 15.7 Å². The van der Waals surface area contributed by atoms with E-state index >= 15 is 0 Å². The summed E-state index contributed by atoms with van der Waals surface area (Å²) in [4.78, 5) is 0. The van der Waals surface area contributed by atoms with Crippen LogP contribution in [0, 0.1) is 17.8 Å². The lowest BCUT2D eigenvalue weighted by molar-refractivity contribution is 0.144. The molecule has 2 aliphatic rings. The molecule has 0 aromatic heterocycles. The summed E-state index contributed by atoms with van der Waals surface area (Å²) in [5, 5.41) is 16.5. The highest BCUT2D eigenvalue weighted by molar-refractivity contribution is 5.85. The number of aliphatic hydroxyl groups excluding tert-OH is 1. The summed E-state index contributed by atoms with van der Waals surface area (Å²) in [6.07, 6.45) is 8.33. The Morgan fingerprint density at radius 2 is 1.74 bits per heavy atom. The molecule has 1 saturated heterocycles. The first-order valence-electron chi connectivity index (χ1n) is 7.89. The first kappa shape index (κ1) is 17.2. The van der Waals surface area contributed by atoms with E-state index in [9.17, 15) is 5.11 Å². The van der Waals surface area contributed by atoms with Crippen LogP contribution in [0.4, 0.5) is 0 Å². The molecule has 1 saturated carbocycles. The minimum atomic E-state index is -0.141. The fraction of sp³-hybridized carbons (Fsp3) is 1.00. The molecule has 2 atom stereocenters. The Morgan fingerprint density at radius 3 is 2.32 bits per heavy atom. The highest BCUT2D eigenvalue weighted by Crippen LogP contribution is 2.31. The minimum absolute atomic E-state index is 0. The van der Waals surface area contributed by atoms with E-state index in [1.165, 1.54) is 38.5 Å². The van der Waals surface area contributed by atoms with Gasteiger partial charge in [-0.05, 0) is 31.2 Å². The van der Waals surface area contributed by atoms with Crippen molar-refractivity contribution in [3.8, 4) is 0 Å². The van der Waals surface area contributed by atoms with Crippen LogP contribution in [0.15, 0.2) is 0 Å². The lowest BCUT2D eigenvalue weighted by Crippen LogP contribution is -2.34. The lowest BCUT2D eigenvalue weighted by Gasteiger charge is -2.29. The Hall–Kier alpha value is 0.170. The van der Waals surface area contributed by atoms with Gasteiger partial charge in [-0.15, -0.1) is 12.4 Å². The Kier molecular flexibility index (Phi) is 8.31. The molecule has 0 spiro atoms. The van der Waals surface area contributed by atoms with Crippen LogP contribution in [-0.2, 0) is 0 Å². The summed E-state index contributed by atoms with van der Waals surface area (Å²) in [5.74, 6) is 2.30. The maximum atomic E-state index is 9.72. The van der Waals surface area contributed by atoms with Crippen molar-refractivity contribution in [2.45, 2.75) is 51.6 Å². The fourth-order valence-corrected chi connectivity index (χ4v) is 3.53. The summed E-state index contributed by atoms with van der Waals surface area (Å²) < 4.78 is 0. The number of aliphatic hydroxyl groups is 1. The van der Waals surface area contributed by atoms with Crippen molar-refractivity contribution in [1.82, 2.24) is 10.6 Å². The van der Waals surface area contributed by atoms with Gasteiger partial charge in [0, 0.05) is 25.6 Å². The van der Waals surface area contributed by atoms with Crippen LogP contribution in [0.1, 0.15) is 45.4 Å². The number of β-amino-alcohol motifs (C(OH)–C–C–N with tert-alkyl or cyclic N) is 1. The Balaban J connectivity index is 0.00000180. The third kappa shape index (κ3) is 5.58. The molecule has 19 heavy (non-hydrogen) atoms. The molecule has 3 nitrogen and oxygen atoms in total. The van der Waals surface area contributed by atoms with Gasteiger partial charge in [0.15, 0.2) is 0 Å². The molecule has 114 valence electrons. The van der Waals surface area contributed by atoms with Crippen LogP contribution in [0.2, 0.25) is 0 Å². The predicted molar refractivity (Wildman–Crippen MR) is 82.8 cm³/mol. The van der Waals surface area contributed by atoms with Crippen molar-refractivity contribution in [2.24, 2.45) is 17.8 Å². The van der Waals surface area contributed by atoms with E-state index in [4.69, 9.17) is 0 Å². The van der Waals surface area contributed by atoms with Gasteiger partial charge in [-0.1, -0.05) is 32.6 Å². The number of rotatable bonds is 6. The third-order valence-corrected chi connectivity index (χ3v) is 4.81. The summed E-state index contributed by atoms with van der Waals surface area (Å²) in [7, 11) is 0. The quantitative estimate of drug-likeness (QED) is 0.703. The Bertz CT molecular complexity index is 232. The number of hydrogen-bond acceptors (Lipinski definition) is 3. The second-order valence-corrected chi connectivity index (χ2v) is 6.32. The Labute approximate surface area is 124 Å². The van der Waals surface area contributed by atoms with Crippen LogP contribution >= 0.6 is 12.4 Å². The smallest absolute Gasteiger partial charge is 0.0716 e. The molecule has 0 aromatic rings. The van der Waals surface area contributed by atoms with Crippen LogP contribution in [0.25, 0.3) is 0 Å². The van der Waals surface area contributed by atoms with Crippen molar-refractivity contribution in [2.75, 3.05) is 26.2 Å². The molecule has 1 aliphatic heterocycles. The van der Waals surface area contributed by atoms with E-state index in [0.717, 1.165) is 38.0 Å². The monoisotopic (exact) mass is 290 g/mol. The summed E-state index contributed by atoms with van der Waals surface area (Å²) >= 11 is 0. The normalized spacial score (nSPS) is 35.1. The molecule has 2 unspecified atom stereocenters. The second kappa shape index (κ2) is 9.17. The van der Waals surface area contributed by atoms with Crippen molar-refractivity contribution in [1.29, 1.82) is 0 Å². The van der Waals surface area contributed by atoms with E-state index in [-0.39, 0.29) is 18.5 Å². The molecule has 1 aliphatic carbocycles. The lowest BCUT2D eigenvalue weighted by atomic mass is 9.80. The molecule has 0 radical (unpaired) electrons. The van der Waals surface area contributed by atoms with Crippen molar-refractivity contribution < 1.29 is 5.11 Å². The van der Waals surface area contributed by atoms with Crippen LogP contribution in [0.3, 0.4) is 0 Å². The largest absolute Gasteiger partial charge is 0.391 e. The van der Waals surface area contributed by atoms with Gasteiger partial charge in [-0.25, -0.2) is 0 Å². The van der Waals surface area contributed by atoms with Gasteiger partial charge in [-0.2, -0.15) is 0 Å².